The number of carbonyl (C=O) groups excluding carboxylic acids is 1. The summed E-state index contributed by atoms with van der Waals surface area (Å²) in [6.45, 7) is 4.21. The van der Waals surface area contributed by atoms with Crippen LogP contribution in [0.25, 0.3) is 0 Å². The van der Waals surface area contributed by atoms with Crippen LogP contribution < -0.4 is 10.1 Å². The maximum absolute atomic E-state index is 12.3. The number of nitrogens with zero attached hydrogens (tertiary/aromatic N) is 1. The van der Waals surface area contributed by atoms with E-state index < -0.39 is 6.10 Å². The molecule has 0 aliphatic carbocycles. The molecule has 0 aromatic heterocycles. The Hall–Kier alpha value is -1.26. The topological polar surface area (TPSA) is 41.6 Å². The van der Waals surface area contributed by atoms with Gasteiger partial charge < -0.3 is 15.0 Å². The number of ether oxygens (including phenoxy) is 1. The molecule has 116 valence electrons. The van der Waals surface area contributed by atoms with Crippen LogP contribution >= 0.6 is 11.6 Å². The summed E-state index contributed by atoms with van der Waals surface area (Å²) in [5, 5.41) is 3.62. The van der Waals surface area contributed by atoms with E-state index in [4.69, 9.17) is 16.3 Å². The normalized spacial score (nSPS) is 16.6. The fourth-order valence-electron chi connectivity index (χ4n) is 2.57. The van der Waals surface area contributed by atoms with Gasteiger partial charge in [0.1, 0.15) is 5.75 Å². The van der Waals surface area contributed by atoms with Gasteiger partial charge in [0.05, 0.1) is 5.02 Å². The zero-order chi connectivity index (χ0) is 15.2. The van der Waals surface area contributed by atoms with E-state index in [1.807, 2.05) is 30.1 Å². The van der Waals surface area contributed by atoms with E-state index in [1.165, 1.54) is 6.42 Å². The molecule has 4 nitrogen and oxygen atoms in total. The van der Waals surface area contributed by atoms with Crippen LogP contribution in [0.4, 0.5) is 0 Å². The molecule has 1 aromatic carbocycles. The number of hydrogen-bond donors (Lipinski definition) is 1. The third-order valence-corrected chi connectivity index (χ3v) is 3.99. The number of benzene rings is 1. The lowest BCUT2D eigenvalue weighted by atomic mass is 10.1. The van der Waals surface area contributed by atoms with Gasteiger partial charge in [0.2, 0.25) is 0 Å². The summed E-state index contributed by atoms with van der Waals surface area (Å²) >= 11 is 6.22. The molecule has 1 heterocycles. The Balaban J connectivity index is 1.98. The Morgan fingerprint density at radius 3 is 2.71 bits per heavy atom. The van der Waals surface area contributed by atoms with E-state index in [1.54, 1.807) is 6.92 Å². The van der Waals surface area contributed by atoms with Gasteiger partial charge in [-0.05, 0) is 50.9 Å². The summed E-state index contributed by atoms with van der Waals surface area (Å²) in [5.74, 6) is 0.611. The lowest BCUT2D eigenvalue weighted by Gasteiger charge is -2.29. The summed E-state index contributed by atoms with van der Waals surface area (Å²) in [7, 11) is 1.89. The summed E-state index contributed by atoms with van der Waals surface area (Å²) in [6, 6.07) is 5.65. The van der Waals surface area contributed by atoms with Gasteiger partial charge in [0, 0.05) is 19.6 Å². The van der Waals surface area contributed by atoms with Crippen molar-refractivity contribution in [1.29, 1.82) is 0 Å². The highest BCUT2D eigenvalue weighted by molar-refractivity contribution is 6.32. The van der Waals surface area contributed by atoms with E-state index in [0.29, 0.717) is 10.8 Å². The Kier molecular flexibility index (Phi) is 5.88. The van der Waals surface area contributed by atoms with E-state index in [9.17, 15) is 4.79 Å². The maximum atomic E-state index is 12.3. The standard InChI is InChI=1S/C16H23ClN2O2/c1-12(16(20)19-8-4-3-5-9-19)21-15-7-6-13(11-18-2)10-14(15)17/h6-7,10,12,18H,3-5,8-9,11H2,1-2H3. The zero-order valence-corrected chi connectivity index (χ0v) is 13.4. The summed E-state index contributed by atoms with van der Waals surface area (Å²) < 4.78 is 5.75. The highest BCUT2D eigenvalue weighted by Crippen LogP contribution is 2.27. The monoisotopic (exact) mass is 310 g/mol. The van der Waals surface area contributed by atoms with Crippen molar-refractivity contribution in [3.8, 4) is 5.75 Å². The van der Waals surface area contributed by atoms with Gasteiger partial charge in [-0.15, -0.1) is 0 Å². The quantitative estimate of drug-likeness (QED) is 0.909. The third-order valence-electron chi connectivity index (χ3n) is 3.70. The van der Waals surface area contributed by atoms with Crippen LogP contribution in [0, 0.1) is 0 Å². The highest BCUT2D eigenvalue weighted by atomic mass is 35.5. The van der Waals surface area contributed by atoms with Crippen LogP contribution in [0.3, 0.4) is 0 Å². The Labute approximate surface area is 131 Å². The predicted octanol–water partition coefficient (Wildman–Crippen LogP) is 2.84. The fourth-order valence-corrected chi connectivity index (χ4v) is 2.81. The van der Waals surface area contributed by atoms with Crippen LogP contribution in [0.5, 0.6) is 5.75 Å². The van der Waals surface area contributed by atoms with Crippen LogP contribution in [-0.4, -0.2) is 37.0 Å². The number of rotatable bonds is 5. The molecule has 1 unspecified atom stereocenters. The molecule has 0 saturated carbocycles. The van der Waals surface area contributed by atoms with E-state index >= 15 is 0 Å². The molecule has 21 heavy (non-hydrogen) atoms. The first kappa shape index (κ1) is 16.1. The molecule has 0 bridgehead atoms. The van der Waals surface area contributed by atoms with Crippen molar-refractivity contribution < 1.29 is 9.53 Å². The molecular weight excluding hydrogens is 288 g/mol. The van der Waals surface area contributed by atoms with Crippen molar-refractivity contribution in [2.45, 2.75) is 38.8 Å². The number of likely N-dealkylation sites (tertiary alicyclic amines) is 1. The minimum atomic E-state index is -0.504. The lowest BCUT2D eigenvalue weighted by Crippen LogP contribution is -2.43. The summed E-state index contributed by atoms with van der Waals surface area (Å²) in [6.07, 6.45) is 2.86. The fraction of sp³-hybridized carbons (Fsp3) is 0.562. The zero-order valence-electron chi connectivity index (χ0n) is 12.7. The number of nitrogens with one attached hydrogen (secondary N) is 1. The largest absolute Gasteiger partial charge is 0.479 e. The highest BCUT2D eigenvalue weighted by Gasteiger charge is 2.24. The molecule has 1 fully saturated rings. The molecule has 1 amide bonds. The number of carbonyl (C=O) groups is 1. The molecule has 0 radical (unpaired) electrons. The van der Waals surface area contributed by atoms with Gasteiger partial charge >= 0.3 is 0 Å². The Morgan fingerprint density at radius 1 is 1.38 bits per heavy atom. The van der Waals surface area contributed by atoms with Crippen molar-refractivity contribution in [3.63, 3.8) is 0 Å². The van der Waals surface area contributed by atoms with Gasteiger partial charge in [-0.1, -0.05) is 17.7 Å². The second kappa shape index (κ2) is 7.66. The van der Waals surface area contributed by atoms with Crippen molar-refractivity contribution in [2.24, 2.45) is 0 Å². The van der Waals surface area contributed by atoms with Crippen LogP contribution in [0.15, 0.2) is 18.2 Å². The Morgan fingerprint density at radius 2 is 2.10 bits per heavy atom. The average Bonchev–Trinajstić information content (AvgIpc) is 2.50. The van der Waals surface area contributed by atoms with Crippen molar-refractivity contribution in [2.75, 3.05) is 20.1 Å². The van der Waals surface area contributed by atoms with Gasteiger partial charge in [-0.3, -0.25) is 4.79 Å². The van der Waals surface area contributed by atoms with Crippen LogP contribution in [0.1, 0.15) is 31.7 Å². The number of halogens is 1. The molecule has 0 spiro atoms. The van der Waals surface area contributed by atoms with Crippen molar-refractivity contribution >= 4 is 17.5 Å². The second-order valence-corrected chi connectivity index (χ2v) is 5.85. The predicted molar refractivity (Wildman–Crippen MR) is 84.7 cm³/mol. The van der Waals surface area contributed by atoms with E-state index in [2.05, 4.69) is 5.32 Å². The molecule has 1 atom stereocenters. The first-order chi connectivity index (χ1) is 10.1. The molecule has 5 heteroatoms. The lowest BCUT2D eigenvalue weighted by molar-refractivity contribution is -0.138. The number of hydrogen-bond acceptors (Lipinski definition) is 3. The molecule has 1 saturated heterocycles. The minimum absolute atomic E-state index is 0.0464. The summed E-state index contributed by atoms with van der Waals surface area (Å²) in [4.78, 5) is 14.2. The molecule has 1 aliphatic rings. The Bertz CT molecular complexity index is 487. The van der Waals surface area contributed by atoms with Crippen LogP contribution in [0.2, 0.25) is 5.02 Å². The molecular formula is C16H23ClN2O2. The molecule has 1 N–H and O–H groups in total. The SMILES string of the molecule is CNCc1ccc(OC(C)C(=O)N2CCCCC2)c(Cl)c1. The minimum Gasteiger partial charge on any atom is -0.479 e. The van der Waals surface area contributed by atoms with Crippen molar-refractivity contribution in [1.82, 2.24) is 10.2 Å². The first-order valence-electron chi connectivity index (χ1n) is 7.50. The van der Waals surface area contributed by atoms with E-state index in [0.717, 1.165) is 38.0 Å². The second-order valence-electron chi connectivity index (χ2n) is 5.44. The smallest absolute Gasteiger partial charge is 0.263 e. The maximum Gasteiger partial charge on any atom is 0.263 e. The van der Waals surface area contributed by atoms with E-state index in [-0.39, 0.29) is 5.91 Å². The van der Waals surface area contributed by atoms with Gasteiger partial charge in [0.15, 0.2) is 6.10 Å². The molecule has 2 rings (SSSR count). The number of piperidine rings is 1. The average molecular weight is 311 g/mol. The first-order valence-corrected chi connectivity index (χ1v) is 7.88. The van der Waals surface area contributed by atoms with Gasteiger partial charge in [-0.2, -0.15) is 0 Å². The van der Waals surface area contributed by atoms with Gasteiger partial charge in [-0.25, -0.2) is 0 Å². The molecule has 1 aliphatic heterocycles. The third kappa shape index (κ3) is 4.35. The summed E-state index contributed by atoms with van der Waals surface area (Å²) in [5.41, 5.74) is 1.09. The van der Waals surface area contributed by atoms with Crippen molar-refractivity contribution in [3.05, 3.63) is 28.8 Å². The molecule has 1 aromatic rings. The van der Waals surface area contributed by atoms with Gasteiger partial charge in [0.25, 0.3) is 5.91 Å². The van der Waals surface area contributed by atoms with Crippen LogP contribution in [-0.2, 0) is 11.3 Å². The number of amides is 1.